The Bertz CT molecular complexity index is 384. The van der Waals surface area contributed by atoms with Crippen LogP contribution in [-0.2, 0) is 6.42 Å². The highest BCUT2D eigenvalue weighted by atomic mass is 32.2. The molecule has 0 saturated carbocycles. The molecular weight excluding hydrogens is 248 g/mol. The van der Waals surface area contributed by atoms with E-state index in [4.69, 9.17) is 0 Å². The zero-order valence-corrected chi connectivity index (χ0v) is 11.8. The van der Waals surface area contributed by atoms with Crippen LogP contribution in [0.2, 0.25) is 0 Å². The zero-order chi connectivity index (χ0) is 12.1. The Morgan fingerprint density at radius 2 is 2.29 bits per heavy atom. The molecule has 1 atom stereocenters. The predicted octanol–water partition coefficient (Wildman–Crippen LogP) is 3.67. The quantitative estimate of drug-likeness (QED) is 0.774. The Labute approximate surface area is 112 Å². The van der Waals surface area contributed by atoms with Crippen LogP contribution in [0.4, 0.5) is 0 Å². The number of carbonyl (C=O) groups is 1. The summed E-state index contributed by atoms with van der Waals surface area (Å²) >= 11 is 3.71. The van der Waals surface area contributed by atoms with Gasteiger partial charge in [-0.25, -0.2) is 0 Å². The fourth-order valence-electron chi connectivity index (χ4n) is 1.99. The van der Waals surface area contributed by atoms with E-state index in [2.05, 4.69) is 19.1 Å². The molecule has 0 radical (unpaired) electrons. The zero-order valence-electron chi connectivity index (χ0n) is 10.1. The average molecular weight is 266 g/mol. The minimum Gasteiger partial charge on any atom is -0.293 e. The lowest BCUT2D eigenvalue weighted by Crippen LogP contribution is -2.24. The summed E-state index contributed by atoms with van der Waals surface area (Å²) in [6.07, 6.45) is 2.19. The van der Waals surface area contributed by atoms with Crippen molar-refractivity contribution < 1.29 is 4.79 Å². The third-order valence-electron chi connectivity index (χ3n) is 2.86. The van der Waals surface area contributed by atoms with Crippen LogP contribution in [-0.4, -0.2) is 28.3 Å². The summed E-state index contributed by atoms with van der Waals surface area (Å²) in [6.45, 7) is 2.17. The molecule has 1 aliphatic heterocycles. The van der Waals surface area contributed by atoms with Crippen LogP contribution in [0.1, 0.15) is 29.3 Å². The van der Waals surface area contributed by atoms with Crippen molar-refractivity contribution in [1.82, 2.24) is 0 Å². The standard InChI is InChI=1S/C14H18OS2/c1-2-4-11-5-3-6-12(9-11)14(15)13-10-16-7-8-17-13/h3,5-6,9,13H,2,4,7-8,10H2,1H3. The fraction of sp³-hybridized carbons (Fsp3) is 0.500. The van der Waals surface area contributed by atoms with Crippen molar-refractivity contribution in [2.24, 2.45) is 0 Å². The van der Waals surface area contributed by atoms with Crippen LogP contribution in [0, 0.1) is 0 Å². The Balaban J connectivity index is 2.09. The van der Waals surface area contributed by atoms with Gasteiger partial charge in [-0.05, 0) is 18.1 Å². The smallest absolute Gasteiger partial charge is 0.176 e. The Kier molecular flexibility index (Phi) is 4.99. The molecule has 0 N–H and O–H groups in total. The molecule has 92 valence electrons. The molecule has 0 aromatic heterocycles. The summed E-state index contributed by atoms with van der Waals surface area (Å²) in [5.41, 5.74) is 2.18. The normalized spacial score (nSPS) is 20.2. The Hall–Kier alpha value is -0.410. The van der Waals surface area contributed by atoms with Crippen molar-refractivity contribution in [3.8, 4) is 0 Å². The topological polar surface area (TPSA) is 17.1 Å². The molecule has 1 fully saturated rings. The average Bonchev–Trinajstić information content (AvgIpc) is 2.40. The van der Waals surface area contributed by atoms with Gasteiger partial charge >= 0.3 is 0 Å². The van der Waals surface area contributed by atoms with Crippen LogP contribution < -0.4 is 0 Å². The van der Waals surface area contributed by atoms with E-state index < -0.39 is 0 Å². The molecule has 1 nitrogen and oxygen atoms in total. The lowest BCUT2D eigenvalue weighted by atomic mass is 10.0. The van der Waals surface area contributed by atoms with Crippen molar-refractivity contribution in [2.45, 2.75) is 25.0 Å². The Morgan fingerprint density at radius 1 is 1.41 bits per heavy atom. The highest BCUT2D eigenvalue weighted by molar-refractivity contribution is 8.07. The monoisotopic (exact) mass is 266 g/mol. The van der Waals surface area contributed by atoms with Crippen molar-refractivity contribution in [1.29, 1.82) is 0 Å². The lowest BCUT2D eigenvalue weighted by molar-refractivity contribution is 0.0995. The number of rotatable bonds is 4. The second kappa shape index (κ2) is 6.50. The van der Waals surface area contributed by atoms with E-state index in [1.807, 2.05) is 35.7 Å². The van der Waals surface area contributed by atoms with E-state index in [1.165, 1.54) is 11.3 Å². The SMILES string of the molecule is CCCc1cccc(C(=O)C2CSCCS2)c1. The van der Waals surface area contributed by atoms with Crippen molar-refractivity contribution >= 4 is 29.3 Å². The molecular formula is C14H18OS2. The van der Waals surface area contributed by atoms with E-state index >= 15 is 0 Å². The van der Waals surface area contributed by atoms with Gasteiger partial charge in [-0.1, -0.05) is 31.5 Å². The molecule has 0 bridgehead atoms. The number of carbonyl (C=O) groups excluding carboxylic acids is 1. The maximum absolute atomic E-state index is 12.3. The second-order valence-electron chi connectivity index (χ2n) is 4.25. The van der Waals surface area contributed by atoms with Crippen LogP contribution in [0.25, 0.3) is 0 Å². The van der Waals surface area contributed by atoms with E-state index in [-0.39, 0.29) is 5.25 Å². The molecule has 1 aromatic rings. The molecule has 0 amide bonds. The van der Waals surface area contributed by atoms with Gasteiger partial charge in [-0.3, -0.25) is 4.79 Å². The van der Waals surface area contributed by atoms with Crippen LogP contribution >= 0.6 is 23.5 Å². The van der Waals surface area contributed by atoms with Gasteiger partial charge in [-0.2, -0.15) is 11.8 Å². The molecule has 0 aliphatic carbocycles. The summed E-state index contributed by atoms with van der Waals surface area (Å²) < 4.78 is 0. The number of ketones is 1. The third-order valence-corrected chi connectivity index (χ3v) is 5.61. The van der Waals surface area contributed by atoms with Gasteiger partial charge in [0.25, 0.3) is 0 Å². The predicted molar refractivity (Wildman–Crippen MR) is 78.3 cm³/mol. The number of thioether (sulfide) groups is 2. The Morgan fingerprint density at radius 3 is 3.00 bits per heavy atom. The first-order valence-corrected chi connectivity index (χ1v) is 8.34. The van der Waals surface area contributed by atoms with E-state index in [0.717, 1.165) is 29.9 Å². The van der Waals surface area contributed by atoms with E-state index in [1.54, 1.807) is 0 Å². The van der Waals surface area contributed by atoms with Gasteiger partial charge in [-0.15, -0.1) is 11.8 Å². The van der Waals surface area contributed by atoms with Crippen molar-refractivity contribution in [3.63, 3.8) is 0 Å². The van der Waals surface area contributed by atoms with Crippen LogP contribution in [0.5, 0.6) is 0 Å². The highest BCUT2D eigenvalue weighted by Crippen LogP contribution is 2.27. The molecule has 1 unspecified atom stereocenters. The summed E-state index contributed by atoms with van der Waals surface area (Å²) in [6, 6.07) is 8.16. The maximum atomic E-state index is 12.3. The summed E-state index contributed by atoms with van der Waals surface area (Å²) in [7, 11) is 0. The minimum atomic E-state index is 0.172. The largest absolute Gasteiger partial charge is 0.293 e. The number of aryl methyl sites for hydroxylation is 1. The van der Waals surface area contributed by atoms with Gasteiger partial charge in [0.05, 0.1) is 5.25 Å². The third kappa shape index (κ3) is 3.52. The van der Waals surface area contributed by atoms with Gasteiger partial charge in [0.1, 0.15) is 0 Å². The number of benzene rings is 1. The van der Waals surface area contributed by atoms with Crippen molar-refractivity contribution in [3.05, 3.63) is 35.4 Å². The van der Waals surface area contributed by atoms with E-state index in [0.29, 0.717) is 5.78 Å². The van der Waals surface area contributed by atoms with Gasteiger partial charge < -0.3 is 0 Å². The number of hydrogen-bond donors (Lipinski definition) is 0. The summed E-state index contributed by atoms with van der Waals surface area (Å²) in [4.78, 5) is 12.3. The summed E-state index contributed by atoms with van der Waals surface area (Å²) in [5, 5.41) is 0.172. The first kappa shape index (κ1) is 13.0. The van der Waals surface area contributed by atoms with E-state index in [9.17, 15) is 4.79 Å². The molecule has 1 saturated heterocycles. The first-order chi connectivity index (χ1) is 8.31. The molecule has 1 heterocycles. The molecule has 1 aliphatic rings. The van der Waals surface area contributed by atoms with Gasteiger partial charge in [0, 0.05) is 22.8 Å². The second-order valence-corrected chi connectivity index (χ2v) is 6.71. The molecule has 0 spiro atoms. The van der Waals surface area contributed by atoms with Crippen LogP contribution in [0.3, 0.4) is 0 Å². The molecule has 2 rings (SSSR count). The fourth-order valence-corrected chi connectivity index (χ4v) is 4.63. The van der Waals surface area contributed by atoms with Gasteiger partial charge in [0.2, 0.25) is 0 Å². The molecule has 3 heteroatoms. The van der Waals surface area contributed by atoms with Crippen LogP contribution in [0.15, 0.2) is 24.3 Å². The molecule has 17 heavy (non-hydrogen) atoms. The summed E-state index contributed by atoms with van der Waals surface area (Å²) in [5.74, 6) is 3.59. The maximum Gasteiger partial charge on any atom is 0.176 e. The highest BCUT2D eigenvalue weighted by Gasteiger charge is 2.23. The number of Topliss-reactive ketones (excluding diaryl/α,β-unsaturated/α-hetero) is 1. The first-order valence-electron chi connectivity index (χ1n) is 6.13. The number of hydrogen-bond acceptors (Lipinski definition) is 3. The lowest BCUT2D eigenvalue weighted by Gasteiger charge is -2.19. The molecule has 1 aromatic carbocycles. The van der Waals surface area contributed by atoms with Gasteiger partial charge in [0.15, 0.2) is 5.78 Å². The van der Waals surface area contributed by atoms with Crippen molar-refractivity contribution in [2.75, 3.05) is 17.3 Å². The minimum absolute atomic E-state index is 0.172.